The Balaban J connectivity index is 2.04. The molecule has 0 saturated heterocycles. The van der Waals surface area contributed by atoms with E-state index < -0.39 is 15.9 Å². The van der Waals surface area contributed by atoms with Crippen LogP contribution in [0, 0.1) is 20.8 Å². The highest BCUT2D eigenvalue weighted by Gasteiger charge is 2.26. The van der Waals surface area contributed by atoms with Crippen LogP contribution in [0.25, 0.3) is 0 Å². The summed E-state index contributed by atoms with van der Waals surface area (Å²) in [7, 11) is -2.89. The number of nitrogens with zero attached hydrogens (tertiary/aromatic N) is 2. The number of pyridine rings is 2. The first-order valence-corrected chi connectivity index (χ1v) is 12.2. The number of aryl methyl sites for hydroxylation is 3. The number of aromatic nitrogens is 2. The smallest absolute Gasteiger partial charge is 0.281 e. The fourth-order valence-corrected chi connectivity index (χ4v) is 4.35. The Hall–Kier alpha value is -3.46. The third-order valence-corrected chi connectivity index (χ3v) is 6.32. The van der Waals surface area contributed by atoms with Crippen LogP contribution < -0.4 is 14.2 Å². The SMILES string of the molecule is COc1cccc(S(=O)(=O)NC(=O)c2ccc(C(C)(C)C)nc2Oc2c(C)cc(C)cc2C)n1. The van der Waals surface area contributed by atoms with Gasteiger partial charge in [0.15, 0.2) is 5.03 Å². The lowest BCUT2D eigenvalue weighted by molar-refractivity contribution is 0.0978. The van der Waals surface area contributed by atoms with Crippen LogP contribution in [0.4, 0.5) is 0 Å². The molecule has 1 aromatic carbocycles. The number of sulfonamides is 1. The van der Waals surface area contributed by atoms with Crippen LogP contribution >= 0.6 is 0 Å². The van der Waals surface area contributed by atoms with Crippen molar-refractivity contribution in [1.29, 1.82) is 0 Å². The number of methoxy groups -OCH3 is 1. The minimum Gasteiger partial charge on any atom is -0.481 e. The number of hydrogen-bond acceptors (Lipinski definition) is 7. The van der Waals surface area contributed by atoms with Gasteiger partial charge < -0.3 is 9.47 Å². The summed E-state index contributed by atoms with van der Waals surface area (Å²) in [6.45, 7) is 11.8. The third-order valence-electron chi connectivity index (χ3n) is 5.09. The highest BCUT2D eigenvalue weighted by molar-refractivity contribution is 7.90. The summed E-state index contributed by atoms with van der Waals surface area (Å²) in [5, 5.41) is -0.341. The van der Waals surface area contributed by atoms with E-state index in [1.54, 1.807) is 6.07 Å². The lowest BCUT2D eigenvalue weighted by atomic mass is 9.91. The summed E-state index contributed by atoms with van der Waals surface area (Å²) in [6.07, 6.45) is 0. The molecule has 0 bridgehead atoms. The molecule has 0 radical (unpaired) electrons. The largest absolute Gasteiger partial charge is 0.481 e. The first kappa shape index (κ1) is 25.2. The molecule has 1 N–H and O–H groups in total. The molecule has 0 unspecified atom stereocenters. The van der Waals surface area contributed by atoms with E-state index in [0.717, 1.165) is 16.7 Å². The number of carbonyl (C=O) groups is 1. The normalized spacial score (nSPS) is 11.7. The van der Waals surface area contributed by atoms with Crippen molar-refractivity contribution < 1.29 is 22.7 Å². The first-order valence-electron chi connectivity index (χ1n) is 10.7. The number of ether oxygens (including phenoxy) is 2. The highest BCUT2D eigenvalue weighted by atomic mass is 32.2. The molecule has 0 aliphatic rings. The van der Waals surface area contributed by atoms with Crippen molar-refractivity contribution in [2.45, 2.75) is 52.0 Å². The standard InChI is InChI=1S/C25H29N3O5S/c1-15-13-16(2)22(17(3)14-15)33-24-18(11-12-19(26-24)25(4,5)6)23(29)28-34(30,31)21-10-8-9-20(27-21)32-7/h8-14H,1-7H3,(H,28,29). The van der Waals surface area contributed by atoms with E-state index in [0.29, 0.717) is 11.4 Å². The molecule has 8 nitrogen and oxygen atoms in total. The summed E-state index contributed by atoms with van der Waals surface area (Å²) in [5.74, 6) is -0.180. The molecule has 3 rings (SSSR count). The lowest BCUT2D eigenvalue weighted by Gasteiger charge is -2.21. The molecule has 9 heteroatoms. The maximum Gasteiger partial charge on any atom is 0.281 e. The van der Waals surface area contributed by atoms with Crippen molar-refractivity contribution in [3.8, 4) is 17.5 Å². The molecule has 0 aliphatic carbocycles. The Morgan fingerprint density at radius 1 is 0.971 bits per heavy atom. The van der Waals surface area contributed by atoms with E-state index in [1.807, 2.05) is 53.7 Å². The van der Waals surface area contributed by atoms with E-state index in [4.69, 9.17) is 9.47 Å². The number of benzene rings is 1. The average molecular weight is 484 g/mol. The quantitative estimate of drug-likeness (QED) is 0.545. The van der Waals surface area contributed by atoms with Crippen LogP contribution in [0.2, 0.25) is 0 Å². The molecular weight excluding hydrogens is 454 g/mol. The van der Waals surface area contributed by atoms with Crippen molar-refractivity contribution in [1.82, 2.24) is 14.7 Å². The van der Waals surface area contributed by atoms with Crippen LogP contribution in [-0.2, 0) is 15.4 Å². The predicted octanol–water partition coefficient (Wildman–Crippen LogP) is 4.62. The predicted molar refractivity (Wildman–Crippen MR) is 129 cm³/mol. The molecule has 1 amide bonds. The Morgan fingerprint density at radius 2 is 1.62 bits per heavy atom. The number of carbonyl (C=O) groups excluding carboxylic acids is 1. The van der Waals surface area contributed by atoms with Crippen molar-refractivity contribution >= 4 is 15.9 Å². The zero-order chi connectivity index (χ0) is 25.3. The van der Waals surface area contributed by atoms with Gasteiger partial charge in [-0.3, -0.25) is 4.79 Å². The fourth-order valence-electron chi connectivity index (χ4n) is 3.42. The van der Waals surface area contributed by atoms with Gasteiger partial charge in [-0.1, -0.05) is 44.5 Å². The van der Waals surface area contributed by atoms with E-state index in [-0.39, 0.29) is 27.8 Å². The molecule has 2 aromatic heterocycles. The van der Waals surface area contributed by atoms with Crippen molar-refractivity contribution in [2.75, 3.05) is 7.11 Å². The second-order valence-electron chi connectivity index (χ2n) is 9.08. The molecule has 0 spiro atoms. The fraction of sp³-hybridized carbons (Fsp3) is 0.320. The number of hydrogen-bond donors (Lipinski definition) is 1. The molecule has 3 aromatic rings. The second-order valence-corrected chi connectivity index (χ2v) is 10.7. The Kier molecular flexibility index (Phi) is 6.97. The zero-order valence-corrected chi connectivity index (χ0v) is 21.2. The summed E-state index contributed by atoms with van der Waals surface area (Å²) < 4.78 is 38.8. The molecule has 0 aliphatic heterocycles. The maximum absolute atomic E-state index is 13.1. The third kappa shape index (κ3) is 5.53. The molecule has 2 heterocycles. The molecule has 0 fully saturated rings. The highest BCUT2D eigenvalue weighted by Crippen LogP contribution is 2.33. The van der Waals surface area contributed by atoms with Crippen LogP contribution in [-0.4, -0.2) is 31.4 Å². The summed E-state index contributed by atoms with van der Waals surface area (Å²) in [4.78, 5) is 21.6. The van der Waals surface area contributed by atoms with Gasteiger partial charge in [0.25, 0.3) is 15.9 Å². The van der Waals surface area contributed by atoms with Gasteiger partial charge in [-0.15, -0.1) is 0 Å². The van der Waals surface area contributed by atoms with Crippen molar-refractivity contribution in [3.05, 3.63) is 70.4 Å². The Morgan fingerprint density at radius 3 is 2.21 bits per heavy atom. The number of rotatable bonds is 6. The summed E-state index contributed by atoms with van der Waals surface area (Å²) >= 11 is 0. The van der Waals surface area contributed by atoms with Crippen LogP contribution in [0.15, 0.2) is 47.5 Å². The van der Waals surface area contributed by atoms with Gasteiger partial charge in [0.2, 0.25) is 11.8 Å². The zero-order valence-electron chi connectivity index (χ0n) is 20.4. The van der Waals surface area contributed by atoms with Gasteiger partial charge in [0, 0.05) is 17.2 Å². The van der Waals surface area contributed by atoms with Gasteiger partial charge >= 0.3 is 0 Å². The minimum atomic E-state index is -4.26. The average Bonchev–Trinajstić information content (AvgIpc) is 2.75. The van der Waals surface area contributed by atoms with Crippen LogP contribution in [0.1, 0.15) is 53.5 Å². The second kappa shape index (κ2) is 9.42. The lowest BCUT2D eigenvalue weighted by Crippen LogP contribution is -2.32. The van der Waals surface area contributed by atoms with E-state index in [9.17, 15) is 13.2 Å². The van der Waals surface area contributed by atoms with Gasteiger partial charge in [-0.05, 0) is 50.1 Å². The Labute approximate surface area is 200 Å². The van der Waals surface area contributed by atoms with Gasteiger partial charge in [-0.2, -0.15) is 13.4 Å². The van der Waals surface area contributed by atoms with E-state index >= 15 is 0 Å². The topological polar surface area (TPSA) is 107 Å². The van der Waals surface area contributed by atoms with Gasteiger partial charge in [0.1, 0.15) is 11.3 Å². The summed E-state index contributed by atoms with van der Waals surface area (Å²) in [6, 6.07) is 11.4. The van der Waals surface area contributed by atoms with Crippen molar-refractivity contribution in [3.63, 3.8) is 0 Å². The molecule has 0 saturated carbocycles. The minimum absolute atomic E-state index is 0.0150. The van der Waals surface area contributed by atoms with Gasteiger partial charge in [0.05, 0.1) is 7.11 Å². The first-order chi connectivity index (χ1) is 15.8. The maximum atomic E-state index is 13.1. The van der Waals surface area contributed by atoms with Crippen LogP contribution in [0.5, 0.6) is 17.5 Å². The molecule has 180 valence electrons. The van der Waals surface area contributed by atoms with E-state index in [1.165, 1.54) is 31.4 Å². The molecular formula is C25H29N3O5S. The van der Waals surface area contributed by atoms with E-state index in [2.05, 4.69) is 14.7 Å². The number of nitrogens with one attached hydrogen (secondary N) is 1. The summed E-state index contributed by atoms with van der Waals surface area (Å²) in [5.41, 5.74) is 3.19. The molecule has 34 heavy (non-hydrogen) atoms. The van der Waals surface area contributed by atoms with Crippen LogP contribution in [0.3, 0.4) is 0 Å². The monoisotopic (exact) mass is 483 g/mol. The van der Waals surface area contributed by atoms with Gasteiger partial charge in [-0.25, -0.2) is 9.71 Å². The Bertz CT molecular complexity index is 1320. The molecule has 0 atom stereocenters. The number of amides is 1. The van der Waals surface area contributed by atoms with Crippen molar-refractivity contribution in [2.24, 2.45) is 0 Å².